The molecular weight excluding hydrogens is 300 g/mol. The van der Waals surface area contributed by atoms with Gasteiger partial charge in [0.05, 0.1) is 5.69 Å². The third-order valence-electron chi connectivity index (χ3n) is 4.11. The predicted octanol–water partition coefficient (Wildman–Crippen LogP) is 3.83. The normalized spacial score (nSPS) is 21.6. The van der Waals surface area contributed by atoms with Crippen LogP contribution in [0.3, 0.4) is 0 Å². The van der Waals surface area contributed by atoms with Crippen LogP contribution in [0.1, 0.15) is 34.3 Å². The van der Waals surface area contributed by atoms with E-state index in [0.29, 0.717) is 10.7 Å². The summed E-state index contributed by atoms with van der Waals surface area (Å²) in [5, 5.41) is 4.55. The Balaban J connectivity index is 1.80. The highest BCUT2D eigenvalue weighted by atomic mass is 79.9. The summed E-state index contributed by atoms with van der Waals surface area (Å²) in [6.07, 6.45) is 3.27. The third kappa shape index (κ3) is 2.36. The molecule has 0 saturated heterocycles. The molecule has 2 unspecified atom stereocenters. The summed E-state index contributed by atoms with van der Waals surface area (Å²) in [5.41, 5.74) is 5.50. The highest BCUT2D eigenvalue weighted by molar-refractivity contribution is 9.09. The van der Waals surface area contributed by atoms with Crippen LogP contribution >= 0.6 is 15.9 Å². The average Bonchev–Trinajstić information content (AvgIpc) is 2.93. The van der Waals surface area contributed by atoms with Crippen molar-refractivity contribution in [2.45, 2.75) is 31.0 Å². The summed E-state index contributed by atoms with van der Waals surface area (Å²) in [5.74, 6) is 0.637. The number of rotatable bonds is 3. The Kier molecular flexibility index (Phi) is 3.48. The SMILES string of the molecule is CCc1cc(CC2Cc3ccccc3C2Br)n(C)n1. The average molecular weight is 319 g/mol. The molecule has 100 valence electrons. The minimum atomic E-state index is 0.476. The zero-order chi connectivity index (χ0) is 13.4. The number of aryl methyl sites for hydroxylation is 2. The van der Waals surface area contributed by atoms with Crippen molar-refractivity contribution in [3.05, 3.63) is 52.8 Å². The fraction of sp³-hybridized carbons (Fsp3) is 0.438. The van der Waals surface area contributed by atoms with E-state index in [1.54, 1.807) is 0 Å². The van der Waals surface area contributed by atoms with E-state index in [-0.39, 0.29) is 0 Å². The smallest absolute Gasteiger partial charge is 0.0624 e. The van der Waals surface area contributed by atoms with Gasteiger partial charge in [0, 0.05) is 17.6 Å². The molecule has 0 N–H and O–H groups in total. The Hall–Kier alpha value is -1.09. The maximum Gasteiger partial charge on any atom is 0.0624 e. The van der Waals surface area contributed by atoms with Gasteiger partial charge < -0.3 is 0 Å². The molecule has 0 amide bonds. The van der Waals surface area contributed by atoms with Gasteiger partial charge in [-0.05, 0) is 42.4 Å². The van der Waals surface area contributed by atoms with Gasteiger partial charge in [-0.15, -0.1) is 0 Å². The molecule has 3 rings (SSSR count). The highest BCUT2D eigenvalue weighted by Crippen LogP contribution is 2.43. The highest BCUT2D eigenvalue weighted by Gasteiger charge is 2.30. The molecule has 0 bridgehead atoms. The molecule has 2 atom stereocenters. The minimum absolute atomic E-state index is 0.476. The van der Waals surface area contributed by atoms with Crippen LogP contribution in [0, 0.1) is 5.92 Å². The van der Waals surface area contributed by atoms with Gasteiger partial charge in [-0.2, -0.15) is 5.10 Å². The lowest BCUT2D eigenvalue weighted by atomic mass is 9.99. The Morgan fingerprint density at radius 3 is 2.84 bits per heavy atom. The van der Waals surface area contributed by atoms with Crippen molar-refractivity contribution >= 4 is 15.9 Å². The van der Waals surface area contributed by atoms with Crippen molar-refractivity contribution in [3.63, 3.8) is 0 Å². The Morgan fingerprint density at radius 2 is 2.16 bits per heavy atom. The molecule has 1 aromatic carbocycles. The fourth-order valence-electron chi connectivity index (χ4n) is 3.01. The van der Waals surface area contributed by atoms with Crippen molar-refractivity contribution < 1.29 is 0 Å². The second-order valence-electron chi connectivity index (χ2n) is 5.37. The molecule has 2 aromatic rings. The van der Waals surface area contributed by atoms with E-state index in [0.717, 1.165) is 12.8 Å². The lowest BCUT2D eigenvalue weighted by molar-refractivity contribution is 0.527. The molecule has 1 aromatic heterocycles. The summed E-state index contributed by atoms with van der Waals surface area (Å²) in [6, 6.07) is 11.0. The van der Waals surface area contributed by atoms with Crippen LogP contribution < -0.4 is 0 Å². The standard InChI is InChI=1S/C16H19BrN2/c1-3-13-10-14(19(2)18-13)9-12-8-11-6-4-5-7-15(11)16(12)17/h4-7,10,12,16H,3,8-9H2,1-2H3. The van der Waals surface area contributed by atoms with Crippen LogP contribution in [-0.2, 0) is 26.3 Å². The zero-order valence-electron chi connectivity index (χ0n) is 11.4. The fourth-order valence-corrected chi connectivity index (χ4v) is 3.83. The second-order valence-corrected chi connectivity index (χ2v) is 6.36. The summed E-state index contributed by atoms with van der Waals surface area (Å²) in [6.45, 7) is 2.16. The van der Waals surface area contributed by atoms with Crippen LogP contribution in [0.4, 0.5) is 0 Å². The molecule has 1 aliphatic rings. The number of halogens is 1. The number of aromatic nitrogens is 2. The molecular formula is C16H19BrN2. The van der Waals surface area contributed by atoms with Crippen molar-refractivity contribution in [2.75, 3.05) is 0 Å². The van der Waals surface area contributed by atoms with Gasteiger partial charge in [0.25, 0.3) is 0 Å². The zero-order valence-corrected chi connectivity index (χ0v) is 13.0. The van der Waals surface area contributed by atoms with Crippen molar-refractivity contribution in [1.82, 2.24) is 9.78 Å². The van der Waals surface area contributed by atoms with E-state index < -0.39 is 0 Å². The molecule has 1 heterocycles. The molecule has 1 aliphatic carbocycles. The van der Waals surface area contributed by atoms with Crippen LogP contribution in [0.15, 0.2) is 30.3 Å². The van der Waals surface area contributed by atoms with Gasteiger partial charge in [0.15, 0.2) is 0 Å². The molecule has 0 spiro atoms. The lowest BCUT2D eigenvalue weighted by Crippen LogP contribution is -2.10. The van der Waals surface area contributed by atoms with E-state index in [2.05, 4.69) is 65.3 Å². The number of alkyl halides is 1. The Morgan fingerprint density at radius 1 is 1.37 bits per heavy atom. The minimum Gasteiger partial charge on any atom is -0.272 e. The number of fused-ring (bicyclic) bond motifs is 1. The van der Waals surface area contributed by atoms with Gasteiger partial charge in [-0.3, -0.25) is 4.68 Å². The Bertz CT molecular complexity index is 588. The van der Waals surface area contributed by atoms with Crippen LogP contribution in [0.25, 0.3) is 0 Å². The van der Waals surface area contributed by atoms with E-state index in [1.807, 2.05) is 4.68 Å². The quantitative estimate of drug-likeness (QED) is 0.786. The summed E-state index contributed by atoms with van der Waals surface area (Å²) < 4.78 is 2.04. The van der Waals surface area contributed by atoms with Gasteiger partial charge >= 0.3 is 0 Å². The summed E-state index contributed by atoms with van der Waals surface area (Å²) in [4.78, 5) is 0.476. The summed E-state index contributed by atoms with van der Waals surface area (Å²) >= 11 is 3.88. The summed E-state index contributed by atoms with van der Waals surface area (Å²) in [7, 11) is 2.06. The lowest BCUT2D eigenvalue weighted by Gasteiger charge is -2.14. The monoisotopic (exact) mass is 318 g/mol. The van der Waals surface area contributed by atoms with Crippen molar-refractivity contribution in [2.24, 2.45) is 13.0 Å². The first kappa shape index (κ1) is 12.9. The van der Waals surface area contributed by atoms with Crippen molar-refractivity contribution in [1.29, 1.82) is 0 Å². The van der Waals surface area contributed by atoms with Gasteiger partial charge in [-0.1, -0.05) is 47.1 Å². The van der Waals surface area contributed by atoms with E-state index in [9.17, 15) is 0 Å². The van der Waals surface area contributed by atoms with Gasteiger partial charge in [0.1, 0.15) is 0 Å². The maximum absolute atomic E-state index is 4.55. The van der Waals surface area contributed by atoms with E-state index in [4.69, 9.17) is 0 Å². The first-order valence-electron chi connectivity index (χ1n) is 6.92. The molecule has 0 aliphatic heterocycles. The second kappa shape index (κ2) is 5.12. The molecule has 19 heavy (non-hydrogen) atoms. The molecule has 0 fully saturated rings. The Labute approximate surface area is 123 Å². The largest absolute Gasteiger partial charge is 0.272 e. The molecule has 0 saturated carbocycles. The molecule has 3 heteroatoms. The van der Waals surface area contributed by atoms with Gasteiger partial charge in [-0.25, -0.2) is 0 Å². The van der Waals surface area contributed by atoms with E-state index in [1.165, 1.54) is 28.9 Å². The van der Waals surface area contributed by atoms with Crippen LogP contribution in [0.5, 0.6) is 0 Å². The predicted molar refractivity (Wildman–Crippen MR) is 81.6 cm³/mol. The maximum atomic E-state index is 4.55. The molecule has 0 radical (unpaired) electrons. The van der Waals surface area contributed by atoms with Crippen LogP contribution in [0.2, 0.25) is 0 Å². The first-order valence-corrected chi connectivity index (χ1v) is 7.84. The number of nitrogens with zero attached hydrogens (tertiary/aromatic N) is 2. The third-order valence-corrected chi connectivity index (χ3v) is 5.35. The van der Waals surface area contributed by atoms with Crippen molar-refractivity contribution in [3.8, 4) is 0 Å². The van der Waals surface area contributed by atoms with Gasteiger partial charge in [0.2, 0.25) is 0 Å². The topological polar surface area (TPSA) is 17.8 Å². The number of benzene rings is 1. The van der Waals surface area contributed by atoms with Crippen LogP contribution in [-0.4, -0.2) is 9.78 Å². The molecule has 2 nitrogen and oxygen atoms in total. The first-order chi connectivity index (χ1) is 9.19. The number of hydrogen-bond acceptors (Lipinski definition) is 1. The van der Waals surface area contributed by atoms with E-state index >= 15 is 0 Å². The number of hydrogen-bond donors (Lipinski definition) is 0.